The SMILES string of the molecule is Cc1cc(NC(=O)C2CCCN(c3ncccn3)C2)ccc1-n1cnnn1. The molecule has 1 atom stereocenters. The van der Waals surface area contributed by atoms with E-state index in [1.807, 2.05) is 25.1 Å². The Labute approximate surface area is 156 Å². The van der Waals surface area contributed by atoms with Crippen molar-refractivity contribution in [1.82, 2.24) is 30.2 Å². The van der Waals surface area contributed by atoms with Crippen molar-refractivity contribution in [2.45, 2.75) is 19.8 Å². The summed E-state index contributed by atoms with van der Waals surface area (Å²) in [7, 11) is 0. The Morgan fingerprint density at radius 2 is 2.11 bits per heavy atom. The first-order chi connectivity index (χ1) is 13.2. The van der Waals surface area contributed by atoms with Gasteiger partial charge < -0.3 is 10.2 Å². The number of rotatable bonds is 4. The summed E-state index contributed by atoms with van der Waals surface area (Å²) in [5.41, 5.74) is 2.62. The molecule has 3 heterocycles. The minimum absolute atomic E-state index is 0.0187. The first-order valence-corrected chi connectivity index (χ1v) is 8.87. The van der Waals surface area contributed by atoms with Crippen LogP contribution in [0.15, 0.2) is 43.0 Å². The highest BCUT2D eigenvalue weighted by molar-refractivity contribution is 5.93. The molecule has 3 aromatic rings. The molecule has 1 aliphatic rings. The van der Waals surface area contributed by atoms with E-state index in [0.717, 1.165) is 36.3 Å². The van der Waals surface area contributed by atoms with Crippen molar-refractivity contribution in [3.8, 4) is 5.69 Å². The number of hydrogen-bond acceptors (Lipinski definition) is 7. The van der Waals surface area contributed by atoms with Crippen LogP contribution in [0.4, 0.5) is 11.6 Å². The van der Waals surface area contributed by atoms with Gasteiger partial charge in [-0.05, 0) is 60.0 Å². The van der Waals surface area contributed by atoms with Crippen molar-refractivity contribution >= 4 is 17.5 Å². The Bertz CT molecular complexity index is 912. The quantitative estimate of drug-likeness (QED) is 0.750. The fourth-order valence-corrected chi connectivity index (χ4v) is 3.33. The maximum absolute atomic E-state index is 12.8. The van der Waals surface area contributed by atoms with Crippen LogP contribution < -0.4 is 10.2 Å². The maximum atomic E-state index is 12.8. The second-order valence-corrected chi connectivity index (χ2v) is 6.58. The zero-order valence-electron chi connectivity index (χ0n) is 15.0. The van der Waals surface area contributed by atoms with Crippen LogP contribution in [-0.2, 0) is 4.79 Å². The fraction of sp³-hybridized carbons (Fsp3) is 0.333. The first-order valence-electron chi connectivity index (χ1n) is 8.87. The van der Waals surface area contributed by atoms with Gasteiger partial charge in [-0.15, -0.1) is 5.10 Å². The van der Waals surface area contributed by atoms with Gasteiger partial charge in [0.15, 0.2) is 0 Å². The summed E-state index contributed by atoms with van der Waals surface area (Å²) in [6, 6.07) is 7.48. The van der Waals surface area contributed by atoms with E-state index in [1.165, 1.54) is 0 Å². The number of tetrazole rings is 1. The zero-order valence-corrected chi connectivity index (χ0v) is 15.0. The van der Waals surface area contributed by atoms with E-state index in [9.17, 15) is 4.79 Å². The normalized spacial score (nSPS) is 16.9. The Morgan fingerprint density at radius 3 is 2.85 bits per heavy atom. The molecular weight excluding hydrogens is 344 g/mol. The van der Waals surface area contributed by atoms with Gasteiger partial charge in [0, 0.05) is 31.2 Å². The molecule has 1 N–H and O–H groups in total. The predicted octanol–water partition coefficient (Wildman–Crippen LogP) is 1.62. The number of aromatic nitrogens is 6. The van der Waals surface area contributed by atoms with Crippen molar-refractivity contribution in [2.75, 3.05) is 23.3 Å². The van der Waals surface area contributed by atoms with Crippen LogP contribution in [0.5, 0.6) is 0 Å². The molecule has 0 saturated carbocycles. The molecule has 0 aliphatic carbocycles. The topological polar surface area (TPSA) is 102 Å². The molecule has 1 aromatic carbocycles. The molecular formula is C18H20N8O. The molecule has 1 amide bonds. The zero-order chi connectivity index (χ0) is 18.6. The summed E-state index contributed by atoms with van der Waals surface area (Å²) < 4.78 is 1.60. The number of amides is 1. The highest BCUT2D eigenvalue weighted by atomic mass is 16.1. The summed E-state index contributed by atoms with van der Waals surface area (Å²) in [6.45, 7) is 3.45. The molecule has 1 unspecified atom stereocenters. The molecule has 9 heteroatoms. The second-order valence-electron chi connectivity index (χ2n) is 6.58. The minimum Gasteiger partial charge on any atom is -0.340 e. The third kappa shape index (κ3) is 3.76. The fourth-order valence-electron chi connectivity index (χ4n) is 3.33. The van der Waals surface area contributed by atoms with E-state index in [0.29, 0.717) is 12.5 Å². The lowest BCUT2D eigenvalue weighted by Crippen LogP contribution is -2.41. The molecule has 9 nitrogen and oxygen atoms in total. The van der Waals surface area contributed by atoms with Gasteiger partial charge in [-0.3, -0.25) is 4.79 Å². The number of carbonyl (C=O) groups is 1. The number of nitrogens with one attached hydrogen (secondary N) is 1. The maximum Gasteiger partial charge on any atom is 0.229 e. The lowest BCUT2D eigenvalue weighted by atomic mass is 9.97. The lowest BCUT2D eigenvalue weighted by Gasteiger charge is -2.31. The molecule has 138 valence electrons. The monoisotopic (exact) mass is 364 g/mol. The van der Waals surface area contributed by atoms with Crippen molar-refractivity contribution in [3.05, 3.63) is 48.5 Å². The van der Waals surface area contributed by atoms with Gasteiger partial charge in [0.2, 0.25) is 11.9 Å². The van der Waals surface area contributed by atoms with Crippen LogP contribution in [0.1, 0.15) is 18.4 Å². The average molecular weight is 364 g/mol. The average Bonchev–Trinajstić information content (AvgIpc) is 3.23. The summed E-state index contributed by atoms with van der Waals surface area (Å²) >= 11 is 0. The van der Waals surface area contributed by atoms with Crippen molar-refractivity contribution in [1.29, 1.82) is 0 Å². The third-order valence-electron chi connectivity index (χ3n) is 4.69. The molecule has 27 heavy (non-hydrogen) atoms. The first kappa shape index (κ1) is 17.1. The summed E-state index contributed by atoms with van der Waals surface area (Å²) in [6.07, 6.45) is 6.79. The van der Waals surface area contributed by atoms with Crippen molar-refractivity contribution in [2.24, 2.45) is 5.92 Å². The number of aryl methyl sites for hydroxylation is 1. The Kier molecular flexibility index (Phi) is 4.73. The van der Waals surface area contributed by atoms with Gasteiger partial charge in [-0.1, -0.05) is 0 Å². The van der Waals surface area contributed by atoms with E-state index in [1.54, 1.807) is 29.5 Å². The van der Waals surface area contributed by atoms with Gasteiger partial charge in [0.25, 0.3) is 0 Å². The van der Waals surface area contributed by atoms with Crippen LogP contribution in [0.2, 0.25) is 0 Å². The molecule has 0 spiro atoms. The molecule has 1 aliphatic heterocycles. The molecule has 2 aromatic heterocycles. The standard InChI is InChI=1S/C18H20N8O/c1-13-10-15(5-6-16(13)26-12-21-23-24-26)22-17(27)14-4-2-9-25(11-14)18-19-7-3-8-20-18/h3,5-8,10,12,14H,2,4,9,11H2,1H3,(H,22,27). The third-order valence-corrected chi connectivity index (χ3v) is 4.69. The van der Waals surface area contributed by atoms with Gasteiger partial charge in [0.05, 0.1) is 11.6 Å². The number of nitrogens with zero attached hydrogens (tertiary/aromatic N) is 7. The van der Waals surface area contributed by atoms with Crippen LogP contribution >= 0.6 is 0 Å². The highest BCUT2D eigenvalue weighted by Gasteiger charge is 2.27. The number of carbonyl (C=O) groups excluding carboxylic acids is 1. The molecule has 1 saturated heterocycles. The minimum atomic E-state index is -0.0953. The van der Waals surface area contributed by atoms with Crippen LogP contribution in [0.25, 0.3) is 5.69 Å². The van der Waals surface area contributed by atoms with E-state index in [2.05, 4.69) is 35.7 Å². The summed E-state index contributed by atoms with van der Waals surface area (Å²) in [5, 5.41) is 14.2. The summed E-state index contributed by atoms with van der Waals surface area (Å²) in [4.78, 5) is 23.4. The van der Waals surface area contributed by atoms with Gasteiger partial charge >= 0.3 is 0 Å². The van der Waals surface area contributed by atoms with Crippen LogP contribution in [-0.4, -0.2) is 49.2 Å². The van der Waals surface area contributed by atoms with Gasteiger partial charge in [-0.25, -0.2) is 14.6 Å². The van der Waals surface area contributed by atoms with E-state index >= 15 is 0 Å². The van der Waals surface area contributed by atoms with Crippen LogP contribution in [0.3, 0.4) is 0 Å². The summed E-state index contributed by atoms with van der Waals surface area (Å²) in [5.74, 6) is 0.601. The highest BCUT2D eigenvalue weighted by Crippen LogP contribution is 2.23. The molecule has 0 radical (unpaired) electrons. The number of anilines is 2. The van der Waals surface area contributed by atoms with Gasteiger partial charge in [-0.2, -0.15) is 0 Å². The molecule has 1 fully saturated rings. The van der Waals surface area contributed by atoms with Crippen molar-refractivity contribution < 1.29 is 4.79 Å². The van der Waals surface area contributed by atoms with Crippen molar-refractivity contribution in [3.63, 3.8) is 0 Å². The van der Waals surface area contributed by atoms with Crippen LogP contribution in [0, 0.1) is 12.8 Å². The van der Waals surface area contributed by atoms with E-state index in [-0.39, 0.29) is 11.8 Å². The predicted molar refractivity (Wildman–Crippen MR) is 99.5 cm³/mol. The second kappa shape index (κ2) is 7.48. The smallest absolute Gasteiger partial charge is 0.229 e. The lowest BCUT2D eigenvalue weighted by molar-refractivity contribution is -0.120. The van der Waals surface area contributed by atoms with E-state index < -0.39 is 0 Å². The number of hydrogen-bond donors (Lipinski definition) is 1. The largest absolute Gasteiger partial charge is 0.340 e. The Hall–Kier alpha value is -3.36. The Morgan fingerprint density at radius 1 is 1.26 bits per heavy atom. The molecule has 0 bridgehead atoms. The Balaban J connectivity index is 1.43. The van der Waals surface area contributed by atoms with Gasteiger partial charge in [0.1, 0.15) is 6.33 Å². The number of piperidine rings is 1. The molecule has 4 rings (SSSR count). The van der Waals surface area contributed by atoms with E-state index in [4.69, 9.17) is 0 Å². The number of benzene rings is 1.